The second-order valence-corrected chi connectivity index (χ2v) is 3.38. The van der Waals surface area contributed by atoms with Crippen LogP contribution < -0.4 is 9.47 Å². The quantitative estimate of drug-likeness (QED) is 0.755. The maximum atomic E-state index is 11.3. The number of ether oxygens (including phenoxy) is 2. The third-order valence-electron chi connectivity index (χ3n) is 1.94. The Kier molecular flexibility index (Phi) is 4.64. The van der Waals surface area contributed by atoms with Crippen LogP contribution in [0, 0.1) is 6.07 Å². The summed E-state index contributed by atoms with van der Waals surface area (Å²) in [7, 11) is 3.38. The van der Waals surface area contributed by atoms with Crippen LogP contribution in [-0.2, 0) is 4.79 Å². The van der Waals surface area contributed by atoms with Crippen LogP contribution in [0.25, 0.3) is 0 Å². The largest absolute Gasteiger partial charge is 0.490 e. The van der Waals surface area contributed by atoms with Crippen LogP contribution in [0.15, 0.2) is 18.2 Å². The van der Waals surface area contributed by atoms with Crippen LogP contribution in [0.3, 0.4) is 0 Å². The van der Waals surface area contributed by atoms with E-state index in [4.69, 9.17) is 9.47 Å². The molecule has 0 bridgehead atoms. The van der Waals surface area contributed by atoms with Crippen molar-refractivity contribution in [2.45, 2.75) is 6.92 Å². The van der Waals surface area contributed by atoms with Crippen molar-refractivity contribution in [3.05, 3.63) is 24.3 Å². The van der Waals surface area contributed by atoms with Gasteiger partial charge in [-0.15, -0.1) is 0 Å². The molecule has 87 valence electrons. The van der Waals surface area contributed by atoms with E-state index in [1.807, 2.05) is 6.92 Å². The molecular formula is C12H16NO3. The van der Waals surface area contributed by atoms with E-state index in [1.54, 1.807) is 32.3 Å². The Hall–Kier alpha value is -1.71. The van der Waals surface area contributed by atoms with Crippen molar-refractivity contribution in [3.8, 4) is 11.5 Å². The molecule has 0 saturated carbocycles. The van der Waals surface area contributed by atoms with Crippen molar-refractivity contribution in [3.63, 3.8) is 0 Å². The maximum absolute atomic E-state index is 11.3. The van der Waals surface area contributed by atoms with Gasteiger partial charge in [0.2, 0.25) is 0 Å². The number of benzene rings is 1. The normalized spacial score (nSPS) is 9.69. The average molecular weight is 222 g/mol. The van der Waals surface area contributed by atoms with Crippen LogP contribution in [0.2, 0.25) is 0 Å². The Morgan fingerprint density at radius 1 is 1.38 bits per heavy atom. The van der Waals surface area contributed by atoms with E-state index in [0.29, 0.717) is 18.1 Å². The van der Waals surface area contributed by atoms with E-state index in [-0.39, 0.29) is 12.5 Å². The number of amides is 1. The number of nitrogens with zero attached hydrogens (tertiary/aromatic N) is 1. The van der Waals surface area contributed by atoms with Gasteiger partial charge in [-0.05, 0) is 25.1 Å². The molecule has 0 N–H and O–H groups in total. The summed E-state index contributed by atoms with van der Waals surface area (Å²) in [6, 6.07) is 8.04. The Balaban J connectivity index is 2.62. The zero-order valence-electron chi connectivity index (χ0n) is 9.82. The van der Waals surface area contributed by atoms with Crippen molar-refractivity contribution in [1.29, 1.82) is 0 Å². The van der Waals surface area contributed by atoms with Gasteiger partial charge >= 0.3 is 0 Å². The topological polar surface area (TPSA) is 38.8 Å². The fraction of sp³-hybridized carbons (Fsp3) is 0.417. The molecule has 0 aliphatic rings. The van der Waals surface area contributed by atoms with Gasteiger partial charge in [0.05, 0.1) is 6.61 Å². The minimum atomic E-state index is -0.0877. The molecule has 0 aliphatic carbocycles. The summed E-state index contributed by atoms with van der Waals surface area (Å²) in [5.41, 5.74) is 0. The summed E-state index contributed by atoms with van der Waals surface area (Å²) in [6.45, 7) is 2.45. The van der Waals surface area contributed by atoms with Crippen molar-refractivity contribution in [2.75, 3.05) is 27.3 Å². The van der Waals surface area contributed by atoms with Crippen molar-refractivity contribution in [1.82, 2.24) is 4.90 Å². The van der Waals surface area contributed by atoms with Gasteiger partial charge in [-0.2, -0.15) is 0 Å². The van der Waals surface area contributed by atoms with Gasteiger partial charge in [-0.25, -0.2) is 0 Å². The van der Waals surface area contributed by atoms with Crippen LogP contribution >= 0.6 is 0 Å². The second-order valence-electron chi connectivity index (χ2n) is 3.38. The Morgan fingerprint density at radius 2 is 2.12 bits per heavy atom. The zero-order chi connectivity index (χ0) is 12.0. The Bertz CT molecular complexity index is 350. The number of hydrogen-bond donors (Lipinski definition) is 0. The van der Waals surface area contributed by atoms with Crippen molar-refractivity contribution in [2.24, 2.45) is 0 Å². The summed E-state index contributed by atoms with van der Waals surface area (Å²) < 4.78 is 10.7. The molecule has 1 amide bonds. The molecule has 0 heterocycles. The smallest absolute Gasteiger partial charge is 0.259 e. The summed E-state index contributed by atoms with van der Waals surface area (Å²) in [5.74, 6) is 1.09. The minimum absolute atomic E-state index is 0.0110. The van der Waals surface area contributed by atoms with Gasteiger partial charge in [0.15, 0.2) is 18.1 Å². The molecule has 0 atom stereocenters. The number of rotatable bonds is 5. The molecule has 0 spiro atoms. The number of carbonyl (C=O) groups is 1. The lowest BCUT2D eigenvalue weighted by atomic mass is 10.3. The summed E-state index contributed by atoms with van der Waals surface area (Å²) in [4.78, 5) is 12.8. The molecule has 0 aliphatic heterocycles. The predicted molar refractivity (Wildman–Crippen MR) is 60.6 cm³/mol. The molecule has 1 radical (unpaired) electrons. The molecular weight excluding hydrogens is 206 g/mol. The lowest BCUT2D eigenvalue weighted by Crippen LogP contribution is -2.27. The first kappa shape index (κ1) is 12.4. The van der Waals surface area contributed by atoms with Gasteiger partial charge in [0, 0.05) is 14.1 Å². The molecule has 1 aromatic carbocycles. The molecule has 0 saturated heterocycles. The number of carbonyl (C=O) groups excluding carboxylic acids is 1. The first-order valence-electron chi connectivity index (χ1n) is 5.11. The van der Waals surface area contributed by atoms with Crippen molar-refractivity contribution < 1.29 is 14.3 Å². The molecule has 1 aromatic rings. The monoisotopic (exact) mass is 222 g/mol. The highest BCUT2D eigenvalue weighted by Crippen LogP contribution is 2.25. The van der Waals surface area contributed by atoms with Crippen LogP contribution in [0.4, 0.5) is 0 Å². The van der Waals surface area contributed by atoms with Crippen LogP contribution in [-0.4, -0.2) is 38.1 Å². The molecule has 4 nitrogen and oxygen atoms in total. The second kappa shape index (κ2) is 6.00. The summed E-state index contributed by atoms with van der Waals surface area (Å²) >= 11 is 0. The third-order valence-corrected chi connectivity index (χ3v) is 1.94. The highest BCUT2D eigenvalue weighted by molar-refractivity contribution is 5.77. The molecule has 16 heavy (non-hydrogen) atoms. The van der Waals surface area contributed by atoms with E-state index in [2.05, 4.69) is 6.07 Å². The predicted octanol–water partition coefficient (Wildman–Crippen LogP) is 1.35. The molecule has 0 aromatic heterocycles. The zero-order valence-corrected chi connectivity index (χ0v) is 9.82. The number of hydrogen-bond acceptors (Lipinski definition) is 3. The highest BCUT2D eigenvalue weighted by atomic mass is 16.5. The fourth-order valence-electron chi connectivity index (χ4n) is 1.06. The third kappa shape index (κ3) is 3.46. The standard InChI is InChI=1S/C12H16NO3/c1-4-15-10-7-5-6-8-11(10)16-9-12(14)13(2)3/h6-8H,4,9H2,1-3H3. The average Bonchev–Trinajstić information content (AvgIpc) is 2.27. The molecule has 0 fully saturated rings. The van der Waals surface area contributed by atoms with Gasteiger partial charge in [0.25, 0.3) is 5.91 Å². The van der Waals surface area contributed by atoms with E-state index >= 15 is 0 Å². The first-order valence-corrected chi connectivity index (χ1v) is 5.11. The minimum Gasteiger partial charge on any atom is -0.490 e. The highest BCUT2D eigenvalue weighted by Gasteiger charge is 2.08. The number of likely N-dealkylation sites (N-methyl/N-ethyl adjacent to an activating group) is 1. The van der Waals surface area contributed by atoms with Gasteiger partial charge in [0.1, 0.15) is 0 Å². The van der Waals surface area contributed by atoms with E-state index < -0.39 is 0 Å². The van der Waals surface area contributed by atoms with Crippen molar-refractivity contribution >= 4 is 5.91 Å². The Morgan fingerprint density at radius 3 is 2.75 bits per heavy atom. The Labute approximate surface area is 95.8 Å². The fourth-order valence-corrected chi connectivity index (χ4v) is 1.06. The van der Waals surface area contributed by atoms with E-state index in [0.717, 1.165) is 0 Å². The lowest BCUT2D eigenvalue weighted by Gasteiger charge is -2.13. The summed E-state index contributed by atoms with van der Waals surface area (Å²) in [5, 5.41) is 0. The van der Waals surface area contributed by atoms with E-state index in [9.17, 15) is 4.79 Å². The molecule has 4 heteroatoms. The van der Waals surface area contributed by atoms with Gasteiger partial charge in [-0.1, -0.05) is 6.07 Å². The van der Waals surface area contributed by atoms with E-state index in [1.165, 1.54) is 4.90 Å². The van der Waals surface area contributed by atoms with Crippen LogP contribution in [0.5, 0.6) is 11.5 Å². The summed E-state index contributed by atoms with van der Waals surface area (Å²) in [6.07, 6.45) is 0. The molecule has 0 unspecified atom stereocenters. The SMILES string of the molecule is CCOc1c[c]ccc1OCC(=O)N(C)C. The molecule has 1 rings (SSSR count). The maximum Gasteiger partial charge on any atom is 0.259 e. The lowest BCUT2D eigenvalue weighted by molar-refractivity contribution is -0.130. The van der Waals surface area contributed by atoms with Gasteiger partial charge < -0.3 is 14.4 Å². The first-order chi connectivity index (χ1) is 7.65. The van der Waals surface area contributed by atoms with Gasteiger partial charge in [-0.3, -0.25) is 4.79 Å². The van der Waals surface area contributed by atoms with Crippen LogP contribution in [0.1, 0.15) is 6.92 Å².